The third-order valence-corrected chi connectivity index (χ3v) is 5.32. The van der Waals surface area contributed by atoms with E-state index < -0.39 is 0 Å². The Morgan fingerprint density at radius 1 is 1.24 bits per heavy atom. The number of imidazole rings is 1. The second-order valence-electron chi connectivity index (χ2n) is 4.58. The molecule has 7 heteroatoms. The van der Waals surface area contributed by atoms with Gasteiger partial charge in [-0.1, -0.05) is 30.1 Å². The molecule has 110 valence electrons. The third kappa shape index (κ3) is 2.90. The van der Waals surface area contributed by atoms with Gasteiger partial charge in [-0.05, 0) is 18.6 Å². The number of aryl methyl sites for hydroxylation is 1. The highest BCUT2D eigenvalue weighted by Gasteiger charge is 2.14. The molecule has 0 bridgehead atoms. The number of halogens is 3. The van der Waals surface area contributed by atoms with Crippen LogP contribution in [0.5, 0.6) is 0 Å². The van der Waals surface area contributed by atoms with Crippen LogP contribution in [0.1, 0.15) is 22.6 Å². The van der Waals surface area contributed by atoms with Crippen LogP contribution in [-0.2, 0) is 18.8 Å². The normalized spacial score (nSPS) is 11.4. The van der Waals surface area contributed by atoms with Gasteiger partial charge in [0.1, 0.15) is 10.8 Å². The summed E-state index contributed by atoms with van der Waals surface area (Å²) in [7, 11) is 0. The Bertz CT molecular complexity index is 794. The molecule has 3 nitrogen and oxygen atoms in total. The van der Waals surface area contributed by atoms with Crippen LogP contribution in [-0.4, -0.2) is 14.5 Å². The first-order valence-electron chi connectivity index (χ1n) is 6.46. The fraction of sp³-hybridized carbons (Fsp3) is 0.286. The van der Waals surface area contributed by atoms with Gasteiger partial charge in [-0.25, -0.2) is 9.97 Å². The fourth-order valence-electron chi connectivity index (χ4n) is 2.17. The highest BCUT2D eigenvalue weighted by atomic mass is 35.5. The van der Waals surface area contributed by atoms with Crippen LogP contribution in [0.4, 0.5) is 0 Å². The van der Waals surface area contributed by atoms with Crippen molar-refractivity contribution in [3.63, 3.8) is 0 Å². The molecule has 0 saturated carbocycles. The van der Waals surface area contributed by atoms with E-state index in [4.69, 9.17) is 34.8 Å². The number of nitrogens with zero attached hydrogens (tertiary/aromatic N) is 3. The van der Waals surface area contributed by atoms with Gasteiger partial charge in [0.2, 0.25) is 0 Å². The summed E-state index contributed by atoms with van der Waals surface area (Å²) in [6.45, 7) is 2.76. The van der Waals surface area contributed by atoms with Crippen molar-refractivity contribution in [1.82, 2.24) is 14.5 Å². The Hall–Kier alpha value is -0.810. The van der Waals surface area contributed by atoms with Crippen LogP contribution >= 0.6 is 46.1 Å². The first-order chi connectivity index (χ1) is 10.1. The summed E-state index contributed by atoms with van der Waals surface area (Å²) in [4.78, 5) is 10.2. The first-order valence-corrected chi connectivity index (χ1v) is 8.56. The maximum atomic E-state index is 6.12. The standard InChI is InChI=1S/C14H12Cl3N3S/c1-2-8-6-18-14(21-8)7-20-12-4-10(17)9(16)3-11(12)19-13(20)5-15/h3-4,6H,2,5,7H2,1H3. The van der Waals surface area contributed by atoms with Crippen LogP contribution in [0.2, 0.25) is 10.0 Å². The van der Waals surface area contributed by atoms with Crippen molar-refractivity contribution < 1.29 is 0 Å². The second-order valence-corrected chi connectivity index (χ2v) is 6.86. The van der Waals surface area contributed by atoms with Crippen molar-refractivity contribution in [2.45, 2.75) is 25.8 Å². The number of hydrogen-bond donors (Lipinski definition) is 0. The lowest BCUT2D eigenvalue weighted by atomic mass is 10.3. The van der Waals surface area contributed by atoms with Crippen LogP contribution in [0.15, 0.2) is 18.3 Å². The molecule has 0 saturated heterocycles. The van der Waals surface area contributed by atoms with Gasteiger partial charge >= 0.3 is 0 Å². The van der Waals surface area contributed by atoms with Crippen molar-refractivity contribution in [2.24, 2.45) is 0 Å². The molecule has 0 N–H and O–H groups in total. The molecule has 0 aliphatic heterocycles. The Kier molecular flexibility index (Phi) is 4.41. The number of thiazole rings is 1. The fourth-order valence-corrected chi connectivity index (χ4v) is 3.54. The first kappa shape index (κ1) is 15.1. The predicted octanol–water partition coefficient (Wildman–Crippen LogP) is 5.15. The molecule has 3 rings (SSSR count). The van der Waals surface area contributed by atoms with Gasteiger partial charge in [0, 0.05) is 11.1 Å². The minimum atomic E-state index is 0.329. The molecule has 0 amide bonds. The molecule has 0 unspecified atom stereocenters. The van der Waals surface area contributed by atoms with Crippen LogP contribution < -0.4 is 0 Å². The van der Waals surface area contributed by atoms with E-state index in [1.54, 1.807) is 17.4 Å². The van der Waals surface area contributed by atoms with Gasteiger partial charge in [0.15, 0.2) is 0 Å². The quantitative estimate of drug-likeness (QED) is 0.602. The van der Waals surface area contributed by atoms with E-state index in [-0.39, 0.29) is 0 Å². The average Bonchev–Trinajstić information content (AvgIpc) is 3.05. The zero-order valence-corrected chi connectivity index (χ0v) is 14.3. The number of hydrogen-bond acceptors (Lipinski definition) is 3. The molecule has 3 aromatic rings. The maximum absolute atomic E-state index is 6.12. The Labute approximate surface area is 141 Å². The molecule has 0 aliphatic rings. The number of benzene rings is 1. The van der Waals surface area contributed by atoms with Crippen molar-refractivity contribution in [2.75, 3.05) is 0 Å². The molecular weight excluding hydrogens is 349 g/mol. The molecule has 0 spiro atoms. The SMILES string of the molecule is CCc1cnc(Cn2c(CCl)nc3cc(Cl)c(Cl)cc32)s1. The van der Waals surface area contributed by atoms with Crippen molar-refractivity contribution in [3.8, 4) is 0 Å². The van der Waals surface area contributed by atoms with E-state index in [2.05, 4.69) is 16.9 Å². The molecule has 2 heterocycles. The van der Waals surface area contributed by atoms with E-state index in [0.29, 0.717) is 22.5 Å². The van der Waals surface area contributed by atoms with Gasteiger partial charge in [0.25, 0.3) is 0 Å². The molecule has 1 aromatic carbocycles. The summed E-state index contributed by atoms with van der Waals surface area (Å²) in [5.41, 5.74) is 1.72. The largest absolute Gasteiger partial charge is 0.320 e. The summed E-state index contributed by atoms with van der Waals surface area (Å²) in [6.07, 6.45) is 2.91. The Balaban J connectivity index is 2.09. The van der Waals surface area contributed by atoms with E-state index in [1.165, 1.54) is 4.88 Å². The molecule has 0 aliphatic carbocycles. The van der Waals surface area contributed by atoms with E-state index in [9.17, 15) is 0 Å². The second kappa shape index (κ2) is 6.13. The predicted molar refractivity (Wildman–Crippen MR) is 89.9 cm³/mol. The van der Waals surface area contributed by atoms with Crippen molar-refractivity contribution in [1.29, 1.82) is 0 Å². The monoisotopic (exact) mass is 359 g/mol. The van der Waals surface area contributed by atoms with E-state index in [0.717, 1.165) is 28.3 Å². The van der Waals surface area contributed by atoms with Gasteiger partial charge in [-0.15, -0.1) is 22.9 Å². The third-order valence-electron chi connectivity index (χ3n) is 3.23. The highest BCUT2D eigenvalue weighted by Crippen LogP contribution is 2.29. The zero-order valence-electron chi connectivity index (χ0n) is 11.2. The Morgan fingerprint density at radius 2 is 2.00 bits per heavy atom. The lowest BCUT2D eigenvalue weighted by Gasteiger charge is -2.05. The lowest BCUT2D eigenvalue weighted by Crippen LogP contribution is -2.03. The summed E-state index contributed by atoms with van der Waals surface area (Å²) >= 11 is 19.9. The summed E-state index contributed by atoms with van der Waals surface area (Å²) < 4.78 is 2.04. The van der Waals surface area contributed by atoms with Crippen LogP contribution in [0.25, 0.3) is 11.0 Å². The molecule has 2 aromatic heterocycles. The van der Waals surface area contributed by atoms with Gasteiger partial charge in [0.05, 0.1) is 33.5 Å². The smallest absolute Gasteiger partial charge is 0.125 e. The van der Waals surface area contributed by atoms with Crippen LogP contribution in [0.3, 0.4) is 0 Å². The van der Waals surface area contributed by atoms with E-state index >= 15 is 0 Å². The average molecular weight is 361 g/mol. The van der Waals surface area contributed by atoms with E-state index in [1.807, 2.05) is 16.8 Å². The number of fused-ring (bicyclic) bond motifs is 1. The molecule has 0 fully saturated rings. The van der Waals surface area contributed by atoms with Gasteiger partial charge in [-0.2, -0.15) is 0 Å². The van der Waals surface area contributed by atoms with Crippen molar-refractivity contribution in [3.05, 3.63) is 44.1 Å². The number of aromatic nitrogens is 3. The summed E-state index contributed by atoms with van der Waals surface area (Å²) in [6, 6.07) is 3.60. The van der Waals surface area contributed by atoms with Gasteiger partial charge < -0.3 is 4.57 Å². The maximum Gasteiger partial charge on any atom is 0.125 e. The minimum Gasteiger partial charge on any atom is -0.320 e. The molecule has 0 radical (unpaired) electrons. The highest BCUT2D eigenvalue weighted by molar-refractivity contribution is 7.11. The molecular formula is C14H12Cl3N3S. The molecule has 0 atom stereocenters. The van der Waals surface area contributed by atoms with Gasteiger partial charge in [-0.3, -0.25) is 0 Å². The summed E-state index contributed by atoms with van der Waals surface area (Å²) in [5, 5.41) is 2.04. The number of alkyl halides is 1. The van der Waals surface area contributed by atoms with Crippen LogP contribution in [0, 0.1) is 0 Å². The Morgan fingerprint density at radius 3 is 2.67 bits per heavy atom. The minimum absolute atomic E-state index is 0.329. The summed E-state index contributed by atoms with van der Waals surface area (Å²) in [5.74, 6) is 1.12. The lowest BCUT2D eigenvalue weighted by molar-refractivity contribution is 0.773. The molecule has 21 heavy (non-hydrogen) atoms. The zero-order chi connectivity index (χ0) is 15.0. The van der Waals surface area contributed by atoms with Crippen molar-refractivity contribution >= 4 is 57.2 Å². The topological polar surface area (TPSA) is 30.7 Å². The number of rotatable bonds is 4.